The molecule has 0 atom stereocenters. The second kappa shape index (κ2) is 3.63. The van der Waals surface area contributed by atoms with Gasteiger partial charge in [0.2, 0.25) is 0 Å². The van der Waals surface area contributed by atoms with Gasteiger partial charge in [0.15, 0.2) is 5.75 Å². The van der Waals surface area contributed by atoms with Crippen molar-refractivity contribution < 1.29 is 14.6 Å². The summed E-state index contributed by atoms with van der Waals surface area (Å²) in [6.07, 6.45) is 4.57. The van der Waals surface area contributed by atoms with E-state index in [1.54, 1.807) is 6.07 Å². The molecule has 4 nitrogen and oxygen atoms in total. The van der Waals surface area contributed by atoms with Crippen molar-refractivity contribution in [2.75, 3.05) is 18.5 Å². The largest absolute Gasteiger partial charge is 0.482 e. The van der Waals surface area contributed by atoms with Gasteiger partial charge in [-0.15, -0.1) is 11.3 Å². The molecule has 3 rings (SSSR count). The lowest BCUT2D eigenvalue weighted by Gasteiger charge is -2.39. The number of hydrogen-bond acceptors (Lipinski definition) is 4. The van der Waals surface area contributed by atoms with Crippen molar-refractivity contribution in [1.82, 2.24) is 0 Å². The molecule has 0 bridgehead atoms. The Balaban J connectivity index is 1.97. The van der Waals surface area contributed by atoms with Gasteiger partial charge in [0.25, 0.3) is 0 Å². The maximum atomic E-state index is 11.0. The third kappa shape index (κ3) is 1.69. The molecule has 0 amide bonds. The Hall–Kier alpha value is -1.23. The average Bonchev–Trinajstić information content (AvgIpc) is 2.85. The molecule has 1 aliphatic heterocycles. The molecule has 1 aromatic rings. The van der Waals surface area contributed by atoms with Crippen LogP contribution in [0.4, 0.5) is 5.00 Å². The summed E-state index contributed by atoms with van der Waals surface area (Å²) in [5, 5.41) is 9.96. The molecule has 0 saturated heterocycles. The average molecular weight is 253 g/mol. The van der Waals surface area contributed by atoms with Gasteiger partial charge in [0, 0.05) is 13.1 Å². The van der Waals surface area contributed by atoms with Crippen molar-refractivity contribution >= 4 is 22.3 Å². The summed E-state index contributed by atoms with van der Waals surface area (Å²) >= 11 is 1.30. The lowest BCUT2D eigenvalue weighted by Crippen LogP contribution is -2.47. The van der Waals surface area contributed by atoms with Crippen LogP contribution < -0.4 is 9.64 Å². The van der Waals surface area contributed by atoms with Crippen LogP contribution in [0.15, 0.2) is 6.07 Å². The smallest absolute Gasteiger partial charge is 0.346 e. The first kappa shape index (κ1) is 10.9. The van der Waals surface area contributed by atoms with Crippen molar-refractivity contribution in [2.45, 2.75) is 31.3 Å². The number of ether oxygens (including phenoxy) is 1. The molecule has 2 aliphatic rings. The van der Waals surface area contributed by atoms with Gasteiger partial charge in [-0.3, -0.25) is 0 Å². The monoisotopic (exact) mass is 253 g/mol. The van der Waals surface area contributed by atoms with Gasteiger partial charge in [-0.05, 0) is 25.7 Å². The first-order valence-electron chi connectivity index (χ1n) is 5.87. The van der Waals surface area contributed by atoms with Crippen LogP contribution in [-0.2, 0) is 0 Å². The van der Waals surface area contributed by atoms with Crippen molar-refractivity contribution in [3.05, 3.63) is 10.9 Å². The van der Waals surface area contributed by atoms with Gasteiger partial charge in [0.05, 0.1) is 6.54 Å². The van der Waals surface area contributed by atoms with Gasteiger partial charge in [-0.1, -0.05) is 0 Å². The molecule has 1 aliphatic carbocycles. The van der Waals surface area contributed by atoms with Crippen molar-refractivity contribution in [3.63, 3.8) is 0 Å². The molecule has 1 N–H and O–H groups in total. The summed E-state index contributed by atoms with van der Waals surface area (Å²) in [5.41, 5.74) is -0.0708. The van der Waals surface area contributed by atoms with E-state index in [1.807, 2.05) is 7.05 Å². The topological polar surface area (TPSA) is 49.8 Å². The van der Waals surface area contributed by atoms with Crippen LogP contribution in [0.1, 0.15) is 35.4 Å². The van der Waals surface area contributed by atoms with Crippen LogP contribution in [0.3, 0.4) is 0 Å². The summed E-state index contributed by atoms with van der Waals surface area (Å²) in [5.74, 6) is -0.120. The van der Waals surface area contributed by atoms with E-state index in [-0.39, 0.29) is 5.60 Å². The Morgan fingerprint density at radius 2 is 2.24 bits per heavy atom. The number of likely N-dealkylation sites (N-methyl/N-ethyl adjacent to an activating group) is 1. The third-order valence-corrected chi connectivity index (χ3v) is 4.82. The van der Waals surface area contributed by atoms with E-state index in [4.69, 9.17) is 9.84 Å². The van der Waals surface area contributed by atoms with E-state index in [0.717, 1.165) is 30.1 Å². The standard InChI is InChI=1S/C12H15NO3S/c1-13-7-12(4-2-3-5-12)16-8-6-9(11(14)15)17-10(8)13/h6H,2-5,7H2,1H3,(H,14,15). The molecule has 1 spiro atoms. The minimum Gasteiger partial charge on any atom is -0.482 e. The predicted octanol–water partition coefficient (Wildman–Crippen LogP) is 2.59. The fourth-order valence-corrected chi connectivity index (χ4v) is 3.74. The third-order valence-electron chi connectivity index (χ3n) is 3.60. The van der Waals surface area contributed by atoms with Crippen molar-refractivity contribution in [1.29, 1.82) is 0 Å². The second-order valence-corrected chi connectivity index (χ2v) is 5.96. The maximum Gasteiger partial charge on any atom is 0.346 e. The summed E-state index contributed by atoms with van der Waals surface area (Å²) in [6.45, 7) is 0.875. The Labute approximate surface area is 104 Å². The summed E-state index contributed by atoms with van der Waals surface area (Å²) in [4.78, 5) is 13.5. The van der Waals surface area contributed by atoms with Crippen LogP contribution in [0, 0.1) is 0 Å². The van der Waals surface area contributed by atoms with Gasteiger partial charge in [-0.25, -0.2) is 4.79 Å². The molecule has 1 saturated carbocycles. The number of carboxylic acid groups (broad SMARTS) is 1. The highest BCUT2D eigenvalue weighted by Gasteiger charge is 2.42. The highest BCUT2D eigenvalue weighted by atomic mass is 32.1. The Bertz CT molecular complexity index is 462. The predicted molar refractivity (Wildman–Crippen MR) is 66.4 cm³/mol. The van der Waals surface area contributed by atoms with Crippen LogP contribution in [-0.4, -0.2) is 30.3 Å². The first-order valence-corrected chi connectivity index (χ1v) is 6.69. The van der Waals surface area contributed by atoms with E-state index < -0.39 is 5.97 Å². The van der Waals surface area contributed by atoms with Gasteiger partial charge in [-0.2, -0.15) is 0 Å². The van der Waals surface area contributed by atoms with E-state index in [1.165, 1.54) is 24.2 Å². The molecular formula is C12H15NO3S. The van der Waals surface area contributed by atoms with Gasteiger partial charge < -0.3 is 14.7 Å². The van der Waals surface area contributed by atoms with Crippen molar-refractivity contribution in [3.8, 4) is 5.75 Å². The molecule has 0 radical (unpaired) electrons. The number of fused-ring (bicyclic) bond motifs is 1. The van der Waals surface area contributed by atoms with E-state index >= 15 is 0 Å². The highest BCUT2D eigenvalue weighted by Crippen LogP contribution is 2.47. The van der Waals surface area contributed by atoms with Crippen LogP contribution in [0.25, 0.3) is 0 Å². The second-order valence-electron chi connectivity index (χ2n) is 4.93. The number of thiophene rings is 1. The number of nitrogens with zero attached hydrogens (tertiary/aromatic N) is 1. The normalized spacial score (nSPS) is 21.4. The molecule has 5 heteroatoms. The SMILES string of the molecule is CN1CC2(CCCC2)Oc2cc(C(=O)O)sc21. The number of rotatable bonds is 1. The number of aromatic carboxylic acids is 1. The van der Waals surface area contributed by atoms with E-state index in [9.17, 15) is 4.79 Å². The number of anilines is 1. The fourth-order valence-electron chi connectivity index (χ4n) is 2.86. The zero-order valence-electron chi connectivity index (χ0n) is 9.73. The lowest BCUT2D eigenvalue weighted by atomic mass is 10.00. The molecule has 17 heavy (non-hydrogen) atoms. The number of carboxylic acids is 1. The molecule has 0 unspecified atom stereocenters. The quantitative estimate of drug-likeness (QED) is 0.835. The fraction of sp³-hybridized carbons (Fsp3) is 0.583. The Kier molecular flexibility index (Phi) is 2.33. The number of hydrogen-bond donors (Lipinski definition) is 1. The minimum atomic E-state index is -0.873. The zero-order valence-corrected chi connectivity index (χ0v) is 10.5. The van der Waals surface area contributed by atoms with Crippen LogP contribution in [0.2, 0.25) is 0 Å². The van der Waals surface area contributed by atoms with Gasteiger partial charge in [0.1, 0.15) is 15.5 Å². The van der Waals surface area contributed by atoms with Crippen LogP contribution >= 0.6 is 11.3 Å². The molecule has 2 heterocycles. The Morgan fingerprint density at radius 3 is 2.88 bits per heavy atom. The van der Waals surface area contributed by atoms with Crippen LogP contribution in [0.5, 0.6) is 5.75 Å². The molecule has 1 aromatic heterocycles. The van der Waals surface area contributed by atoms with Crippen molar-refractivity contribution in [2.24, 2.45) is 0 Å². The molecular weight excluding hydrogens is 238 g/mol. The summed E-state index contributed by atoms with van der Waals surface area (Å²) in [6, 6.07) is 1.66. The first-order chi connectivity index (χ1) is 8.10. The molecule has 92 valence electrons. The zero-order chi connectivity index (χ0) is 12.0. The summed E-state index contributed by atoms with van der Waals surface area (Å²) < 4.78 is 6.09. The Morgan fingerprint density at radius 1 is 1.53 bits per heavy atom. The molecule has 1 fully saturated rings. The summed E-state index contributed by atoms with van der Waals surface area (Å²) in [7, 11) is 2.02. The van der Waals surface area contributed by atoms with E-state index in [2.05, 4.69) is 4.90 Å². The van der Waals surface area contributed by atoms with Gasteiger partial charge >= 0.3 is 5.97 Å². The lowest BCUT2D eigenvalue weighted by molar-refractivity contribution is 0.0691. The maximum absolute atomic E-state index is 11.0. The minimum absolute atomic E-state index is 0.0708. The van der Waals surface area contributed by atoms with E-state index in [0.29, 0.717) is 4.88 Å². The number of carbonyl (C=O) groups is 1. The molecule has 0 aromatic carbocycles. The highest BCUT2D eigenvalue weighted by molar-refractivity contribution is 7.18.